The number of hydrogen-bond donors (Lipinski definition) is 2. The maximum atomic E-state index is 14.0. The van der Waals surface area contributed by atoms with Gasteiger partial charge in [-0.2, -0.15) is 15.1 Å². The number of pyridine rings is 1. The number of hydrogen-bond acceptors (Lipinski definition) is 6. The van der Waals surface area contributed by atoms with Crippen LogP contribution in [0.2, 0.25) is 0 Å². The highest BCUT2D eigenvalue weighted by atomic mass is 19.1. The van der Waals surface area contributed by atoms with E-state index in [1.54, 1.807) is 24.5 Å². The Morgan fingerprint density at radius 1 is 0.903 bits per heavy atom. The van der Waals surface area contributed by atoms with E-state index < -0.39 is 11.6 Å². The quantitative estimate of drug-likeness (QED) is 0.438. The lowest BCUT2D eigenvalue weighted by Gasteiger charge is -2.10. The maximum absolute atomic E-state index is 14.0. The lowest BCUT2D eigenvalue weighted by molar-refractivity contribution is 0.590. The summed E-state index contributed by atoms with van der Waals surface area (Å²) in [4.78, 5) is 17.7. The third kappa shape index (κ3) is 3.57. The van der Waals surface area contributed by atoms with Gasteiger partial charge in [0.2, 0.25) is 5.95 Å². The molecular formula is C22H15F2N7. The number of fused-ring (bicyclic) bond motifs is 1. The Morgan fingerprint density at radius 3 is 2.48 bits per heavy atom. The Balaban J connectivity index is 1.65. The number of benzene rings is 2. The average Bonchev–Trinajstić information content (AvgIpc) is 3.17. The first-order valence-corrected chi connectivity index (χ1v) is 9.41. The number of rotatable bonds is 4. The van der Waals surface area contributed by atoms with Crippen molar-refractivity contribution in [1.82, 2.24) is 30.1 Å². The Hall–Kier alpha value is -4.27. The number of nitrogens with one attached hydrogen (secondary N) is 2. The summed E-state index contributed by atoms with van der Waals surface area (Å²) in [7, 11) is 0. The molecule has 0 saturated carbocycles. The van der Waals surface area contributed by atoms with Gasteiger partial charge < -0.3 is 5.32 Å². The Morgan fingerprint density at radius 2 is 1.68 bits per heavy atom. The molecule has 0 aliphatic rings. The van der Waals surface area contributed by atoms with E-state index >= 15 is 0 Å². The maximum Gasteiger partial charge on any atom is 0.232 e. The topological polar surface area (TPSA) is 92.3 Å². The van der Waals surface area contributed by atoms with Crippen LogP contribution in [0.3, 0.4) is 0 Å². The van der Waals surface area contributed by atoms with E-state index in [1.165, 1.54) is 6.07 Å². The molecule has 0 fully saturated rings. The first-order valence-electron chi connectivity index (χ1n) is 9.41. The molecule has 0 saturated heterocycles. The standard InChI is InChI=1S/C22H15F2N7/c1-12-4-2-3-5-15(12)20-26-19(13-6-8-25-9-7-13)27-22(28-20)29-21-16-10-14(23)11-17(24)18(16)30-31-21/h2-11H,1H3,(H2,26,27,28,29,30,31). The molecule has 0 atom stereocenters. The van der Waals surface area contributed by atoms with Gasteiger partial charge in [-0.3, -0.25) is 10.1 Å². The molecule has 3 aromatic heterocycles. The molecule has 2 aromatic carbocycles. The van der Waals surface area contributed by atoms with Crippen molar-refractivity contribution in [3.05, 3.63) is 78.1 Å². The van der Waals surface area contributed by atoms with Crippen LogP contribution in [0.4, 0.5) is 20.5 Å². The minimum absolute atomic E-state index is 0.0893. The molecule has 5 rings (SSSR count). The zero-order valence-electron chi connectivity index (χ0n) is 16.3. The molecule has 7 nitrogen and oxygen atoms in total. The Kier molecular flexibility index (Phi) is 4.55. The smallest absolute Gasteiger partial charge is 0.232 e. The minimum Gasteiger partial charge on any atom is -0.307 e. The normalized spacial score (nSPS) is 11.1. The fourth-order valence-corrected chi connectivity index (χ4v) is 3.25. The van der Waals surface area contributed by atoms with Gasteiger partial charge in [-0.25, -0.2) is 13.8 Å². The van der Waals surface area contributed by atoms with Gasteiger partial charge in [-0.15, -0.1) is 0 Å². The Bertz CT molecular complexity index is 1400. The van der Waals surface area contributed by atoms with Crippen LogP contribution in [0.5, 0.6) is 0 Å². The van der Waals surface area contributed by atoms with Gasteiger partial charge >= 0.3 is 0 Å². The third-order valence-corrected chi connectivity index (χ3v) is 4.78. The molecule has 0 spiro atoms. The van der Waals surface area contributed by atoms with Crippen molar-refractivity contribution in [1.29, 1.82) is 0 Å². The largest absolute Gasteiger partial charge is 0.307 e. The molecule has 0 aliphatic heterocycles. The van der Waals surface area contributed by atoms with Crippen LogP contribution in [0.1, 0.15) is 5.56 Å². The number of anilines is 2. The van der Waals surface area contributed by atoms with E-state index in [4.69, 9.17) is 0 Å². The van der Waals surface area contributed by atoms with Crippen molar-refractivity contribution in [3.63, 3.8) is 0 Å². The number of aromatic amines is 1. The predicted molar refractivity (Wildman–Crippen MR) is 113 cm³/mol. The molecular weight excluding hydrogens is 400 g/mol. The zero-order valence-corrected chi connectivity index (χ0v) is 16.3. The minimum atomic E-state index is -0.732. The molecule has 0 amide bonds. The number of nitrogens with zero attached hydrogens (tertiary/aromatic N) is 5. The molecule has 0 unspecified atom stereocenters. The fourth-order valence-electron chi connectivity index (χ4n) is 3.25. The number of aromatic nitrogens is 6. The van der Waals surface area contributed by atoms with Crippen LogP contribution in [-0.4, -0.2) is 30.1 Å². The number of H-pyrrole nitrogens is 1. The lowest BCUT2D eigenvalue weighted by atomic mass is 10.1. The number of halogens is 2. The second kappa shape index (κ2) is 7.52. The summed E-state index contributed by atoms with van der Waals surface area (Å²) in [6, 6.07) is 13.3. The molecule has 5 aromatic rings. The predicted octanol–water partition coefficient (Wildman–Crippen LogP) is 4.81. The molecule has 3 heterocycles. The second-order valence-corrected chi connectivity index (χ2v) is 6.86. The van der Waals surface area contributed by atoms with Crippen LogP contribution in [0, 0.1) is 18.6 Å². The van der Waals surface area contributed by atoms with Crippen LogP contribution in [0.15, 0.2) is 60.9 Å². The van der Waals surface area contributed by atoms with Crippen LogP contribution < -0.4 is 5.32 Å². The summed E-state index contributed by atoms with van der Waals surface area (Å²) in [6.07, 6.45) is 3.29. The van der Waals surface area contributed by atoms with Gasteiger partial charge in [0, 0.05) is 29.6 Å². The number of aryl methyl sites for hydroxylation is 1. The Labute approximate surface area is 175 Å². The molecule has 0 aliphatic carbocycles. The van der Waals surface area contributed by atoms with Crippen molar-refractivity contribution in [2.75, 3.05) is 5.32 Å². The van der Waals surface area contributed by atoms with E-state index in [0.717, 1.165) is 22.8 Å². The van der Waals surface area contributed by atoms with Crippen molar-refractivity contribution < 1.29 is 8.78 Å². The van der Waals surface area contributed by atoms with Gasteiger partial charge in [0.25, 0.3) is 0 Å². The highest BCUT2D eigenvalue weighted by Gasteiger charge is 2.16. The van der Waals surface area contributed by atoms with Gasteiger partial charge in [0.05, 0.1) is 5.39 Å². The van der Waals surface area contributed by atoms with Crippen LogP contribution in [0.25, 0.3) is 33.7 Å². The van der Waals surface area contributed by atoms with E-state index in [2.05, 4.69) is 35.5 Å². The second-order valence-electron chi connectivity index (χ2n) is 6.86. The van der Waals surface area contributed by atoms with E-state index in [9.17, 15) is 8.78 Å². The van der Waals surface area contributed by atoms with Crippen LogP contribution in [-0.2, 0) is 0 Å². The zero-order chi connectivity index (χ0) is 21.4. The molecule has 31 heavy (non-hydrogen) atoms. The third-order valence-electron chi connectivity index (χ3n) is 4.78. The van der Waals surface area contributed by atoms with Gasteiger partial charge in [-0.1, -0.05) is 24.3 Å². The summed E-state index contributed by atoms with van der Waals surface area (Å²) in [5.74, 6) is -0.156. The highest BCUT2D eigenvalue weighted by Crippen LogP contribution is 2.28. The van der Waals surface area contributed by atoms with E-state index in [-0.39, 0.29) is 22.7 Å². The van der Waals surface area contributed by atoms with E-state index in [1.807, 2.05) is 31.2 Å². The van der Waals surface area contributed by atoms with Crippen molar-refractivity contribution in [3.8, 4) is 22.8 Å². The first-order chi connectivity index (χ1) is 15.1. The first kappa shape index (κ1) is 18.7. The SMILES string of the molecule is Cc1ccccc1-c1nc(Nc2n[nH]c3c(F)cc(F)cc23)nc(-c2ccncc2)n1. The summed E-state index contributed by atoms with van der Waals surface area (Å²) in [5, 5.41) is 9.85. The molecule has 0 radical (unpaired) electrons. The summed E-state index contributed by atoms with van der Waals surface area (Å²) >= 11 is 0. The fraction of sp³-hybridized carbons (Fsp3) is 0.0455. The van der Waals surface area contributed by atoms with Crippen molar-refractivity contribution >= 4 is 22.7 Å². The average molecular weight is 415 g/mol. The van der Waals surface area contributed by atoms with Gasteiger partial charge in [0.15, 0.2) is 23.3 Å². The molecule has 2 N–H and O–H groups in total. The van der Waals surface area contributed by atoms with Crippen molar-refractivity contribution in [2.45, 2.75) is 6.92 Å². The molecule has 9 heteroatoms. The highest BCUT2D eigenvalue weighted by molar-refractivity contribution is 5.91. The van der Waals surface area contributed by atoms with Crippen LogP contribution >= 0.6 is 0 Å². The molecule has 152 valence electrons. The van der Waals surface area contributed by atoms with Gasteiger partial charge in [0.1, 0.15) is 11.3 Å². The monoisotopic (exact) mass is 415 g/mol. The van der Waals surface area contributed by atoms with Crippen molar-refractivity contribution in [2.24, 2.45) is 0 Å². The summed E-state index contributed by atoms with van der Waals surface area (Å²) in [5.41, 5.74) is 2.67. The summed E-state index contributed by atoms with van der Waals surface area (Å²) < 4.78 is 27.8. The molecule has 0 bridgehead atoms. The van der Waals surface area contributed by atoms with E-state index in [0.29, 0.717) is 11.6 Å². The lowest BCUT2D eigenvalue weighted by Crippen LogP contribution is -2.04. The van der Waals surface area contributed by atoms with Gasteiger partial charge in [-0.05, 0) is 30.7 Å². The summed E-state index contributed by atoms with van der Waals surface area (Å²) in [6.45, 7) is 1.96.